The average Bonchev–Trinajstić information content (AvgIpc) is 3.01. The van der Waals surface area contributed by atoms with Crippen LogP contribution in [0.5, 0.6) is 5.75 Å². The Morgan fingerprint density at radius 1 is 1.23 bits per heavy atom. The number of carbonyl (C=O) groups excluding carboxylic acids is 1. The van der Waals surface area contributed by atoms with E-state index >= 15 is 0 Å². The molecule has 1 atom stereocenters. The van der Waals surface area contributed by atoms with Crippen molar-refractivity contribution < 1.29 is 44.2 Å². The van der Waals surface area contributed by atoms with Crippen LogP contribution >= 0.6 is 0 Å². The smallest absolute Gasteiger partial charge is 0.548 e. The molecule has 0 amide bonds. The second-order valence-electron chi connectivity index (χ2n) is 6.13. The van der Waals surface area contributed by atoms with E-state index in [1.54, 1.807) is 7.11 Å². The zero-order valence-electron chi connectivity index (χ0n) is 15.3. The van der Waals surface area contributed by atoms with Gasteiger partial charge in [0, 0.05) is 29.2 Å². The molecule has 26 heavy (non-hydrogen) atoms. The van der Waals surface area contributed by atoms with E-state index < -0.39 is 12.0 Å². The summed E-state index contributed by atoms with van der Waals surface area (Å²) in [5.74, 6) is -0.376. The van der Waals surface area contributed by atoms with Crippen LogP contribution in [0.3, 0.4) is 0 Å². The summed E-state index contributed by atoms with van der Waals surface area (Å²) in [5, 5.41) is 15.7. The number of aryl methyl sites for hydroxylation is 1. The number of methoxy groups -OCH3 is 1. The first kappa shape index (κ1) is 20.5. The van der Waals surface area contributed by atoms with Crippen molar-refractivity contribution >= 4 is 16.9 Å². The molecule has 0 unspecified atom stereocenters. The number of aromatic nitrogens is 1. The van der Waals surface area contributed by atoms with Crippen LogP contribution in [0.25, 0.3) is 10.9 Å². The molecule has 0 saturated carbocycles. The van der Waals surface area contributed by atoms with Gasteiger partial charge in [0.15, 0.2) is 0 Å². The normalized spacial score (nSPS) is 11.8. The molecule has 2 N–H and O–H groups in total. The largest absolute Gasteiger partial charge is 1.00 e. The minimum atomic E-state index is -1.11. The van der Waals surface area contributed by atoms with Gasteiger partial charge in [-0.3, -0.25) is 0 Å². The molecule has 1 aromatic heterocycles. The van der Waals surface area contributed by atoms with Gasteiger partial charge in [-0.25, -0.2) is 0 Å². The van der Waals surface area contributed by atoms with E-state index in [1.807, 2.05) is 55.6 Å². The molecular formula is C20H21N2NaO3. The first-order valence-corrected chi connectivity index (χ1v) is 8.21. The molecule has 3 aromatic rings. The summed E-state index contributed by atoms with van der Waals surface area (Å²) in [5.41, 5.74) is 3.97. The van der Waals surface area contributed by atoms with E-state index in [-0.39, 0.29) is 29.6 Å². The van der Waals surface area contributed by atoms with Crippen LogP contribution in [-0.4, -0.2) is 24.1 Å². The molecule has 0 aliphatic rings. The maximum Gasteiger partial charge on any atom is 1.00 e. The third-order valence-electron chi connectivity index (χ3n) is 4.36. The second kappa shape index (κ2) is 9.24. The van der Waals surface area contributed by atoms with E-state index in [0.717, 1.165) is 33.3 Å². The molecule has 0 aliphatic carbocycles. The number of para-hydroxylation sites is 1. The van der Waals surface area contributed by atoms with Crippen LogP contribution in [-0.2, 0) is 17.8 Å². The first-order chi connectivity index (χ1) is 12.1. The molecule has 130 valence electrons. The van der Waals surface area contributed by atoms with Gasteiger partial charge in [-0.1, -0.05) is 35.9 Å². The SMILES string of the molecule is COc1ccc(C)cc1CN[C@H](Cc1c[nH]c2ccccc12)C(=O)[O-].[Na+]. The minimum Gasteiger partial charge on any atom is -0.548 e. The fraction of sp³-hybridized carbons (Fsp3) is 0.250. The second-order valence-corrected chi connectivity index (χ2v) is 6.13. The number of carboxylic acids is 1. The molecule has 0 aliphatic heterocycles. The van der Waals surface area contributed by atoms with E-state index in [9.17, 15) is 9.90 Å². The summed E-state index contributed by atoms with van der Waals surface area (Å²) in [6, 6.07) is 12.9. The molecular weight excluding hydrogens is 339 g/mol. The van der Waals surface area contributed by atoms with Crippen molar-refractivity contribution in [2.45, 2.75) is 25.9 Å². The third kappa shape index (κ3) is 4.68. The number of carbonyl (C=O) groups is 1. The van der Waals surface area contributed by atoms with Crippen LogP contribution in [0.1, 0.15) is 16.7 Å². The number of hydrogen-bond donors (Lipinski definition) is 2. The maximum absolute atomic E-state index is 11.6. The molecule has 0 bridgehead atoms. The monoisotopic (exact) mass is 360 g/mol. The molecule has 5 nitrogen and oxygen atoms in total. The first-order valence-electron chi connectivity index (χ1n) is 8.21. The summed E-state index contributed by atoms with van der Waals surface area (Å²) in [6.07, 6.45) is 2.20. The quantitative estimate of drug-likeness (QED) is 0.527. The fourth-order valence-electron chi connectivity index (χ4n) is 3.04. The van der Waals surface area contributed by atoms with Crippen molar-refractivity contribution in [2.24, 2.45) is 0 Å². The van der Waals surface area contributed by atoms with Gasteiger partial charge in [-0.15, -0.1) is 0 Å². The van der Waals surface area contributed by atoms with Gasteiger partial charge in [-0.05, 0) is 31.0 Å². The van der Waals surface area contributed by atoms with Gasteiger partial charge < -0.3 is 24.9 Å². The van der Waals surface area contributed by atoms with Crippen molar-refractivity contribution in [2.75, 3.05) is 7.11 Å². The fourth-order valence-corrected chi connectivity index (χ4v) is 3.04. The Morgan fingerprint density at radius 2 is 2.00 bits per heavy atom. The van der Waals surface area contributed by atoms with Gasteiger partial charge in [0.2, 0.25) is 0 Å². The summed E-state index contributed by atoms with van der Waals surface area (Å²) in [6.45, 7) is 2.39. The number of benzene rings is 2. The number of aliphatic carboxylic acids is 1. The Balaban J connectivity index is 0.00000243. The molecule has 0 saturated heterocycles. The summed E-state index contributed by atoms with van der Waals surface area (Å²) in [7, 11) is 1.61. The van der Waals surface area contributed by atoms with Gasteiger partial charge in [0.1, 0.15) is 5.75 Å². The maximum atomic E-state index is 11.6. The summed E-state index contributed by atoms with van der Waals surface area (Å²) < 4.78 is 5.35. The molecule has 0 fully saturated rings. The van der Waals surface area contributed by atoms with E-state index in [2.05, 4.69) is 10.3 Å². The van der Waals surface area contributed by atoms with Gasteiger partial charge in [-0.2, -0.15) is 0 Å². The van der Waals surface area contributed by atoms with Crippen LogP contribution < -0.4 is 44.7 Å². The van der Waals surface area contributed by atoms with E-state index in [4.69, 9.17) is 4.74 Å². The number of fused-ring (bicyclic) bond motifs is 1. The predicted octanol–water partition coefficient (Wildman–Crippen LogP) is -1.06. The van der Waals surface area contributed by atoms with Gasteiger partial charge >= 0.3 is 29.6 Å². The number of H-pyrrole nitrogens is 1. The number of carboxylic acid groups (broad SMARTS) is 1. The van der Waals surface area contributed by atoms with E-state index in [0.29, 0.717) is 13.0 Å². The van der Waals surface area contributed by atoms with Crippen molar-refractivity contribution in [3.63, 3.8) is 0 Å². The zero-order valence-corrected chi connectivity index (χ0v) is 17.3. The van der Waals surface area contributed by atoms with Crippen LogP contribution in [0.4, 0.5) is 0 Å². The number of aromatic amines is 1. The van der Waals surface area contributed by atoms with Crippen LogP contribution in [0.15, 0.2) is 48.7 Å². The Bertz CT molecular complexity index is 892. The third-order valence-corrected chi connectivity index (χ3v) is 4.36. The number of hydrogen-bond acceptors (Lipinski definition) is 4. The Kier molecular flexibility index (Phi) is 7.29. The molecule has 6 heteroatoms. The van der Waals surface area contributed by atoms with E-state index in [1.165, 1.54) is 0 Å². The standard InChI is InChI=1S/C20H22N2O3.Na/c1-13-7-8-19(25-2)15(9-13)12-22-18(20(23)24)10-14-11-21-17-6-4-3-5-16(14)17;/h3-9,11,18,21-22H,10,12H2,1-2H3,(H,23,24);/q;+1/p-1/t18-;/m1./s1. The van der Waals surface area contributed by atoms with Crippen molar-refractivity contribution in [3.05, 3.63) is 65.4 Å². The molecule has 1 heterocycles. The average molecular weight is 360 g/mol. The molecule has 0 radical (unpaired) electrons. The predicted molar refractivity (Wildman–Crippen MR) is 95.4 cm³/mol. The number of ether oxygens (including phenoxy) is 1. The number of nitrogens with one attached hydrogen (secondary N) is 2. The van der Waals surface area contributed by atoms with Crippen LogP contribution in [0.2, 0.25) is 0 Å². The molecule has 0 spiro atoms. The summed E-state index contributed by atoms with van der Waals surface area (Å²) >= 11 is 0. The Morgan fingerprint density at radius 3 is 2.73 bits per heavy atom. The topological polar surface area (TPSA) is 77.2 Å². The van der Waals surface area contributed by atoms with Crippen LogP contribution in [0, 0.1) is 6.92 Å². The zero-order chi connectivity index (χ0) is 17.8. The number of rotatable bonds is 7. The van der Waals surface area contributed by atoms with Crippen molar-refractivity contribution in [1.82, 2.24) is 10.3 Å². The van der Waals surface area contributed by atoms with Crippen molar-refractivity contribution in [1.29, 1.82) is 0 Å². The Labute approximate surface area is 175 Å². The van der Waals surface area contributed by atoms with Gasteiger partial charge in [0.05, 0.1) is 19.1 Å². The molecule has 3 rings (SSSR count). The van der Waals surface area contributed by atoms with Gasteiger partial charge in [0.25, 0.3) is 0 Å². The Hall–Kier alpha value is -1.79. The summed E-state index contributed by atoms with van der Waals surface area (Å²) in [4.78, 5) is 14.8. The van der Waals surface area contributed by atoms with Crippen molar-refractivity contribution in [3.8, 4) is 5.75 Å². The molecule has 2 aromatic carbocycles. The minimum absolute atomic E-state index is 0.